The lowest BCUT2D eigenvalue weighted by Gasteiger charge is -2.44. The van der Waals surface area contributed by atoms with E-state index in [4.69, 9.17) is 4.98 Å². The molecule has 1 aliphatic carbocycles. The summed E-state index contributed by atoms with van der Waals surface area (Å²) >= 11 is 0. The number of carbonyl (C=O) groups is 3. The number of hydrogen-bond acceptors (Lipinski definition) is 10. The Bertz CT molecular complexity index is 2600. The Balaban J connectivity index is 0.825. The number of rotatable bonds is 10. The summed E-state index contributed by atoms with van der Waals surface area (Å²) in [7, 11) is 3.27. The molecule has 7 heterocycles. The second-order valence-electron chi connectivity index (χ2n) is 17.9. The Labute approximate surface area is 360 Å². The third-order valence-electron chi connectivity index (χ3n) is 13.7. The molecule has 336 valence electrons. The van der Waals surface area contributed by atoms with Crippen molar-refractivity contribution in [3.63, 3.8) is 0 Å². The van der Waals surface area contributed by atoms with E-state index >= 15 is 8.78 Å². The Kier molecular flexibility index (Phi) is 11.3. The Hall–Kier alpha value is -5.79. The van der Waals surface area contributed by atoms with Crippen LogP contribution in [-0.2, 0) is 16.6 Å². The minimum atomic E-state index is -3.10. The number of halogens is 4. The van der Waals surface area contributed by atoms with Gasteiger partial charge in [0.25, 0.3) is 18.3 Å². The van der Waals surface area contributed by atoms with Crippen molar-refractivity contribution in [3.8, 4) is 0 Å². The maximum absolute atomic E-state index is 16.2. The lowest BCUT2D eigenvalue weighted by molar-refractivity contribution is -0.135. The van der Waals surface area contributed by atoms with Crippen molar-refractivity contribution in [3.05, 3.63) is 64.6 Å². The van der Waals surface area contributed by atoms with Crippen LogP contribution in [0.1, 0.15) is 99.3 Å². The molecule has 2 atom stereocenters. The van der Waals surface area contributed by atoms with E-state index in [9.17, 15) is 28.0 Å². The van der Waals surface area contributed by atoms with Crippen molar-refractivity contribution in [2.45, 2.75) is 95.2 Å². The van der Waals surface area contributed by atoms with E-state index in [1.807, 2.05) is 6.07 Å². The molecule has 2 N–H and O–H groups in total. The number of aryl methyl sites for hydroxylation is 1. The van der Waals surface area contributed by atoms with Crippen molar-refractivity contribution >= 4 is 51.6 Å². The highest BCUT2D eigenvalue weighted by Gasteiger charge is 2.47. The number of benzene rings is 1. The van der Waals surface area contributed by atoms with Gasteiger partial charge in [0, 0.05) is 52.0 Å². The SMILES string of the molecule is CC1CCN(c2ccn3ncc(C(=O)Nc4cn([C@H]5CC[C@H](CN(C)C6CCN(c7cccc8c7n(C)c(=O)n8C7CCC(=O)NC7=O)CC6(F)F)CC5)nc4C(F)F)c3n2)CC1. The molecule has 16 nitrogen and oxygen atoms in total. The number of nitrogens with zero attached hydrogens (tertiary/aromatic N) is 10. The van der Waals surface area contributed by atoms with Gasteiger partial charge in [0.2, 0.25) is 11.8 Å². The second kappa shape index (κ2) is 16.7. The zero-order chi connectivity index (χ0) is 44.3. The number of amides is 3. The number of carbonyl (C=O) groups excluding carboxylic acids is 3. The molecular formula is C43H52F4N12O4. The van der Waals surface area contributed by atoms with Crippen LogP contribution in [-0.4, -0.2) is 108 Å². The molecule has 4 aromatic heterocycles. The van der Waals surface area contributed by atoms with E-state index in [2.05, 4.69) is 32.7 Å². The molecule has 4 fully saturated rings. The van der Waals surface area contributed by atoms with Gasteiger partial charge < -0.3 is 15.1 Å². The average molecular weight is 877 g/mol. The maximum Gasteiger partial charge on any atom is 0.329 e. The highest BCUT2D eigenvalue weighted by atomic mass is 19.3. The molecule has 4 aliphatic rings. The summed E-state index contributed by atoms with van der Waals surface area (Å²) in [6.07, 6.45) is 6.68. The molecular weight excluding hydrogens is 825 g/mol. The first-order chi connectivity index (χ1) is 30.2. The predicted molar refractivity (Wildman–Crippen MR) is 227 cm³/mol. The Morgan fingerprint density at radius 3 is 2.46 bits per heavy atom. The summed E-state index contributed by atoms with van der Waals surface area (Å²) in [4.78, 5) is 61.7. The summed E-state index contributed by atoms with van der Waals surface area (Å²) in [6.45, 7) is 4.10. The van der Waals surface area contributed by atoms with Crippen LogP contribution in [0.4, 0.5) is 34.8 Å². The second-order valence-corrected chi connectivity index (χ2v) is 17.9. The molecule has 0 radical (unpaired) electrons. The molecule has 20 heteroatoms. The lowest BCUT2D eigenvalue weighted by atomic mass is 9.85. The Morgan fingerprint density at radius 2 is 1.75 bits per heavy atom. The van der Waals surface area contributed by atoms with Gasteiger partial charge in [-0.25, -0.2) is 31.9 Å². The molecule has 2 unspecified atom stereocenters. The minimum absolute atomic E-state index is 0.0868. The maximum atomic E-state index is 16.2. The fraction of sp³-hybridized carbons (Fsp3) is 0.558. The molecule has 0 spiro atoms. The third-order valence-corrected chi connectivity index (χ3v) is 13.7. The molecule has 5 aromatic rings. The number of nitrogens with one attached hydrogen (secondary N) is 2. The first-order valence-electron chi connectivity index (χ1n) is 21.8. The molecule has 0 bridgehead atoms. The van der Waals surface area contributed by atoms with Crippen LogP contribution in [0, 0.1) is 11.8 Å². The van der Waals surface area contributed by atoms with E-state index in [-0.39, 0.29) is 42.5 Å². The van der Waals surface area contributed by atoms with Crippen molar-refractivity contribution in [2.75, 3.05) is 54.9 Å². The third kappa shape index (κ3) is 8.05. The molecule has 3 saturated heterocycles. The number of hydrogen-bond donors (Lipinski definition) is 2. The molecule has 1 saturated carbocycles. The van der Waals surface area contributed by atoms with Crippen LogP contribution in [0.15, 0.2) is 47.7 Å². The van der Waals surface area contributed by atoms with Crippen molar-refractivity contribution in [1.29, 1.82) is 0 Å². The summed E-state index contributed by atoms with van der Waals surface area (Å²) < 4.78 is 66.7. The van der Waals surface area contributed by atoms with E-state index < -0.39 is 60.1 Å². The van der Waals surface area contributed by atoms with Gasteiger partial charge in [0.15, 0.2) is 11.3 Å². The number of anilines is 3. The van der Waals surface area contributed by atoms with E-state index in [0.29, 0.717) is 67.1 Å². The smallest absolute Gasteiger partial charge is 0.329 e. The van der Waals surface area contributed by atoms with Crippen LogP contribution in [0.2, 0.25) is 0 Å². The summed E-state index contributed by atoms with van der Waals surface area (Å²) in [5.41, 5.74) is 0.746. The number of imide groups is 1. The number of para-hydroxylation sites is 1. The van der Waals surface area contributed by atoms with Gasteiger partial charge in [0.05, 0.1) is 47.2 Å². The molecule has 3 aliphatic heterocycles. The van der Waals surface area contributed by atoms with Gasteiger partial charge in [-0.15, -0.1) is 0 Å². The monoisotopic (exact) mass is 876 g/mol. The highest BCUT2D eigenvalue weighted by Crippen LogP contribution is 2.39. The van der Waals surface area contributed by atoms with Crippen molar-refractivity contribution in [1.82, 2.24) is 43.7 Å². The molecule has 9 rings (SSSR count). The first-order valence-corrected chi connectivity index (χ1v) is 21.8. The van der Waals surface area contributed by atoms with E-state index in [1.165, 1.54) is 30.7 Å². The number of aromatic nitrogens is 7. The largest absolute Gasteiger partial charge is 0.364 e. The molecule has 1 aromatic carbocycles. The zero-order valence-electron chi connectivity index (χ0n) is 35.5. The summed E-state index contributed by atoms with van der Waals surface area (Å²) in [5.74, 6) is -3.24. The number of alkyl halides is 4. The van der Waals surface area contributed by atoms with Gasteiger partial charge in [-0.05, 0) is 88.4 Å². The predicted octanol–water partition coefficient (Wildman–Crippen LogP) is 5.56. The van der Waals surface area contributed by atoms with Crippen molar-refractivity contribution < 1.29 is 31.9 Å². The minimum Gasteiger partial charge on any atom is -0.364 e. The number of imidazole rings is 1. The summed E-state index contributed by atoms with van der Waals surface area (Å²) in [5, 5.41) is 13.4. The van der Waals surface area contributed by atoms with Gasteiger partial charge in [-0.3, -0.25) is 38.4 Å². The van der Waals surface area contributed by atoms with Crippen LogP contribution < -0.4 is 26.1 Å². The zero-order valence-corrected chi connectivity index (χ0v) is 35.5. The lowest BCUT2D eigenvalue weighted by Crippen LogP contribution is -2.58. The van der Waals surface area contributed by atoms with E-state index in [1.54, 1.807) is 48.3 Å². The number of fused-ring (bicyclic) bond motifs is 2. The molecule has 3 amide bonds. The van der Waals surface area contributed by atoms with Crippen molar-refractivity contribution in [2.24, 2.45) is 18.9 Å². The standard InChI is InChI=1S/C43H52F4N12O4/c1-25-13-17-55(18-14-25)34-16-20-57-39(50-34)28(21-48-57)40(61)49-29-23-58(52-36(29)38(44)45)27-9-7-26(8-10-27)22-53(2)33-15-19-56(24-43(33,46)47)30-5-4-6-31-37(30)54(3)42(63)59(31)32-11-12-35(60)51-41(32)62/h4-6,16,20-21,23,25-27,32-33,38H,7-15,17-19,22,24H2,1-3H3,(H,49,61)(H,51,60,62)/t26-,27-,32?,33?. The van der Waals surface area contributed by atoms with Gasteiger partial charge in [0.1, 0.15) is 17.4 Å². The van der Waals surface area contributed by atoms with Crippen LogP contribution in [0.25, 0.3) is 16.7 Å². The highest BCUT2D eigenvalue weighted by molar-refractivity contribution is 6.08. The summed E-state index contributed by atoms with van der Waals surface area (Å²) in [6, 6.07) is 4.80. The van der Waals surface area contributed by atoms with Crippen LogP contribution in [0.3, 0.4) is 0 Å². The van der Waals surface area contributed by atoms with Crippen LogP contribution >= 0.6 is 0 Å². The fourth-order valence-electron chi connectivity index (χ4n) is 10.2. The van der Waals surface area contributed by atoms with Gasteiger partial charge in [-0.2, -0.15) is 10.2 Å². The van der Waals surface area contributed by atoms with Crippen LogP contribution in [0.5, 0.6) is 0 Å². The van der Waals surface area contributed by atoms with Gasteiger partial charge >= 0.3 is 5.69 Å². The Morgan fingerprint density at radius 1 is 1.00 bits per heavy atom. The van der Waals surface area contributed by atoms with E-state index in [0.717, 1.165) is 31.7 Å². The topological polar surface area (TPSA) is 160 Å². The number of piperidine rings is 3. The fourth-order valence-corrected chi connectivity index (χ4v) is 10.2. The quantitative estimate of drug-likeness (QED) is 0.134. The van der Waals surface area contributed by atoms with Gasteiger partial charge in [-0.1, -0.05) is 13.0 Å². The molecule has 63 heavy (non-hydrogen) atoms. The first kappa shape index (κ1) is 42.5. The normalized spacial score (nSPS) is 23.6. The average Bonchev–Trinajstić information content (AvgIpc) is 3.95.